The molecular formula is C27H29F2N7O2. The molecule has 5 rings (SSSR count). The lowest BCUT2D eigenvalue weighted by molar-refractivity contribution is -0.112. The third-order valence-electron chi connectivity index (χ3n) is 6.41. The van der Waals surface area contributed by atoms with Crippen LogP contribution in [0.2, 0.25) is 0 Å². The topological polar surface area (TPSA) is 108 Å². The van der Waals surface area contributed by atoms with Crippen molar-refractivity contribution in [1.82, 2.24) is 24.8 Å². The number of benzene rings is 1. The quantitative estimate of drug-likeness (QED) is 0.202. The summed E-state index contributed by atoms with van der Waals surface area (Å²) in [7, 11) is 0. The van der Waals surface area contributed by atoms with Crippen molar-refractivity contribution in [2.24, 2.45) is 0 Å². The van der Waals surface area contributed by atoms with Crippen LogP contribution in [0.4, 0.5) is 26.1 Å². The smallest absolute Gasteiger partial charge is 0.266 e. The number of pyridine rings is 1. The molecule has 4 aromatic rings. The van der Waals surface area contributed by atoms with Crippen LogP contribution in [-0.4, -0.2) is 69.5 Å². The van der Waals surface area contributed by atoms with Gasteiger partial charge in [-0.2, -0.15) is 0 Å². The maximum atomic E-state index is 14.3. The summed E-state index contributed by atoms with van der Waals surface area (Å²) < 4.78 is 33.9. The average molecular weight is 522 g/mol. The number of aromatic amines is 1. The summed E-state index contributed by atoms with van der Waals surface area (Å²) in [5.41, 5.74) is 2.42. The molecule has 0 bridgehead atoms. The SMILES string of the molecule is O=C(C=CC(F)(F)CCCCN1CCOCC1)Nc1cc2c(Nc3ccc4[nH]ccc4c3)ncnc2cn1. The fourth-order valence-electron chi connectivity index (χ4n) is 4.36. The van der Waals surface area contributed by atoms with Crippen LogP contribution < -0.4 is 10.6 Å². The van der Waals surface area contributed by atoms with Crippen LogP contribution in [0.25, 0.3) is 21.8 Å². The van der Waals surface area contributed by atoms with Gasteiger partial charge < -0.3 is 20.4 Å². The monoisotopic (exact) mass is 521 g/mol. The van der Waals surface area contributed by atoms with Crippen molar-refractivity contribution >= 4 is 45.0 Å². The van der Waals surface area contributed by atoms with Gasteiger partial charge in [0.25, 0.3) is 5.92 Å². The lowest BCUT2D eigenvalue weighted by Gasteiger charge is -2.26. The molecule has 0 aliphatic carbocycles. The molecule has 0 saturated carbocycles. The highest BCUT2D eigenvalue weighted by molar-refractivity contribution is 6.01. The Morgan fingerprint density at radius 3 is 2.87 bits per heavy atom. The zero-order valence-corrected chi connectivity index (χ0v) is 20.8. The molecule has 11 heteroatoms. The Bertz CT molecular complexity index is 1430. The van der Waals surface area contributed by atoms with Gasteiger partial charge in [0.05, 0.1) is 24.9 Å². The summed E-state index contributed by atoms with van der Waals surface area (Å²) in [6.45, 7) is 3.84. The molecule has 3 N–H and O–H groups in total. The minimum atomic E-state index is -3.06. The second-order valence-electron chi connectivity index (χ2n) is 9.21. The number of nitrogens with one attached hydrogen (secondary N) is 3. The molecule has 198 valence electrons. The van der Waals surface area contributed by atoms with Gasteiger partial charge in [-0.15, -0.1) is 0 Å². The second kappa shape index (κ2) is 11.6. The second-order valence-corrected chi connectivity index (χ2v) is 9.21. The number of nitrogens with zero attached hydrogens (tertiary/aromatic N) is 4. The molecule has 4 heterocycles. The summed E-state index contributed by atoms with van der Waals surface area (Å²) in [6.07, 6.45) is 7.04. The Kier molecular flexibility index (Phi) is 7.85. The van der Waals surface area contributed by atoms with E-state index in [4.69, 9.17) is 4.74 Å². The van der Waals surface area contributed by atoms with E-state index in [9.17, 15) is 13.6 Å². The minimum absolute atomic E-state index is 0.208. The Morgan fingerprint density at radius 2 is 2.00 bits per heavy atom. The number of H-pyrrole nitrogens is 1. The highest BCUT2D eigenvalue weighted by atomic mass is 19.3. The normalized spacial score (nSPS) is 14.9. The molecule has 3 aromatic heterocycles. The van der Waals surface area contributed by atoms with Crippen molar-refractivity contribution in [2.45, 2.75) is 25.2 Å². The van der Waals surface area contributed by atoms with Crippen molar-refractivity contribution in [1.29, 1.82) is 0 Å². The Hall–Kier alpha value is -3.96. The summed E-state index contributed by atoms with van der Waals surface area (Å²) in [4.78, 5) is 30.5. The number of amides is 1. The van der Waals surface area contributed by atoms with E-state index in [0.29, 0.717) is 48.9 Å². The average Bonchev–Trinajstić information content (AvgIpc) is 3.39. The standard InChI is InChI=1S/C27H29F2N7O2/c28-27(29,7-1-2-10-36-11-13-38-14-12-36)8-5-25(37)35-24-16-21-23(17-31-24)32-18-33-26(21)34-20-3-4-22-19(15-20)6-9-30-22/h3-6,8-9,15-18,30H,1-2,7,10-14H2,(H,31,35,37)(H,32,33,34). The van der Waals surface area contributed by atoms with E-state index in [-0.39, 0.29) is 12.2 Å². The molecule has 1 amide bonds. The number of ether oxygens (including phenoxy) is 1. The van der Waals surface area contributed by atoms with Crippen LogP contribution in [-0.2, 0) is 9.53 Å². The predicted octanol–water partition coefficient (Wildman–Crippen LogP) is 4.88. The van der Waals surface area contributed by atoms with E-state index in [2.05, 4.69) is 35.5 Å². The number of morpholine rings is 1. The highest BCUT2D eigenvalue weighted by Crippen LogP contribution is 2.27. The highest BCUT2D eigenvalue weighted by Gasteiger charge is 2.25. The molecule has 1 fully saturated rings. The molecule has 0 atom stereocenters. The van der Waals surface area contributed by atoms with Gasteiger partial charge in [-0.3, -0.25) is 9.69 Å². The zero-order valence-electron chi connectivity index (χ0n) is 20.8. The van der Waals surface area contributed by atoms with Crippen LogP contribution in [0.15, 0.2) is 61.2 Å². The van der Waals surface area contributed by atoms with Crippen molar-refractivity contribution < 1.29 is 18.3 Å². The minimum Gasteiger partial charge on any atom is -0.379 e. The molecule has 0 spiro atoms. The van der Waals surface area contributed by atoms with Gasteiger partial charge in [-0.1, -0.05) is 0 Å². The number of allylic oxidation sites excluding steroid dienone is 1. The molecule has 1 aliphatic rings. The number of unbranched alkanes of at least 4 members (excludes halogenated alkanes) is 1. The van der Waals surface area contributed by atoms with E-state index in [1.54, 1.807) is 6.07 Å². The van der Waals surface area contributed by atoms with E-state index in [1.807, 2.05) is 30.5 Å². The molecule has 38 heavy (non-hydrogen) atoms. The van der Waals surface area contributed by atoms with E-state index in [1.165, 1.54) is 12.5 Å². The number of alkyl halides is 2. The van der Waals surface area contributed by atoms with Crippen molar-refractivity contribution in [3.8, 4) is 0 Å². The first-order valence-electron chi connectivity index (χ1n) is 12.6. The Morgan fingerprint density at radius 1 is 1.13 bits per heavy atom. The lowest BCUT2D eigenvalue weighted by Crippen LogP contribution is -2.36. The number of hydrogen-bond donors (Lipinski definition) is 3. The van der Waals surface area contributed by atoms with Gasteiger partial charge in [0.15, 0.2) is 0 Å². The number of hydrogen-bond acceptors (Lipinski definition) is 7. The van der Waals surface area contributed by atoms with Crippen molar-refractivity contribution in [3.63, 3.8) is 0 Å². The maximum absolute atomic E-state index is 14.3. The largest absolute Gasteiger partial charge is 0.379 e. The van der Waals surface area contributed by atoms with Crippen molar-refractivity contribution in [2.75, 3.05) is 43.5 Å². The first-order chi connectivity index (χ1) is 18.4. The number of carbonyl (C=O) groups is 1. The van der Waals surface area contributed by atoms with Gasteiger partial charge in [0.1, 0.15) is 18.0 Å². The molecule has 0 unspecified atom stereocenters. The van der Waals surface area contributed by atoms with Crippen LogP contribution in [0.1, 0.15) is 19.3 Å². The third kappa shape index (κ3) is 6.67. The number of anilines is 3. The van der Waals surface area contributed by atoms with Gasteiger partial charge in [-0.05, 0) is 55.8 Å². The van der Waals surface area contributed by atoms with Gasteiger partial charge >= 0.3 is 0 Å². The fourth-order valence-corrected chi connectivity index (χ4v) is 4.36. The van der Waals surface area contributed by atoms with Gasteiger partial charge in [0, 0.05) is 53.8 Å². The summed E-state index contributed by atoms with van der Waals surface area (Å²) in [6, 6.07) is 9.45. The summed E-state index contributed by atoms with van der Waals surface area (Å²) in [5, 5.41) is 7.50. The molecule has 1 aromatic carbocycles. The summed E-state index contributed by atoms with van der Waals surface area (Å²) in [5.74, 6) is -3.01. The summed E-state index contributed by atoms with van der Waals surface area (Å²) >= 11 is 0. The maximum Gasteiger partial charge on any atom is 0.266 e. The predicted molar refractivity (Wildman–Crippen MR) is 143 cm³/mol. The van der Waals surface area contributed by atoms with E-state index in [0.717, 1.165) is 42.3 Å². The molecule has 1 aliphatic heterocycles. The number of carbonyl (C=O) groups excluding carboxylic acids is 1. The van der Waals surface area contributed by atoms with E-state index < -0.39 is 11.8 Å². The fraction of sp³-hybridized carbons (Fsp3) is 0.333. The number of halogens is 2. The third-order valence-corrected chi connectivity index (χ3v) is 6.41. The van der Waals surface area contributed by atoms with Crippen LogP contribution in [0, 0.1) is 0 Å². The zero-order chi connectivity index (χ0) is 26.4. The van der Waals surface area contributed by atoms with Gasteiger partial charge in [-0.25, -0.2) is 23.7 Å². The molecule has 0 radical (unpaired) electrons. The Balaban J connectivity index is 1.19. The van der Waals surface area contributed by atoms with Crippen LogP contribution in [0.5, 0.6) is 0 Å². The van der Waals surface area contributed by atoms with E-state index >= 15 is 0 Å². The van der Waals surface area contributed by atoms with Crippen molar-refractivity contribution in [3.05, 3.63) is 61.2 Å². The van der Waals surface area contributed by atoms with Crippen LogP contribution in [0.3, 0.4) is 0 Å². The molecule has 9 nitrogen and oxygen atoms in total. The molecular weight excluding hydrogens is 492 g/mol. The first-order valence-corrected chi connectivity index (χ1v) is 12.6. The number of fused-ring (bicyclic) bond motifs is 2. The number of aromatic nitrogens is 4. The Labute approximate surface area is 218 Å². The lowest BCUT2D eigenvalue weighted by atomic mass is 10.1. The molecule has 1 saturated heterocycles. The van der Waals surface area contributed by atoms with Gasteiger partial charge in [0.2, 0.25) is 5.91 Å². The van der Waals surface area contributed by atoms with Crippen LogP contribution >= 0.6 is 0 Å². The number of rotatable bonds is 10. The first kappa shape index (κ1) is 25.7.